The standard InChI is InChI=1S/C16H21BrF2N2/c17-12-9-13(18)15(14(19)10-12)16(11-3-1-2-4-11)21-7-5-20-6-8-21/h9-11,16,20H,1-8H2/t16-/m0/s1. The first-order valence-corrected chi connectivity index (χ1v) is 8.55. The van der Waals surface area contributed by atoms with Crippen molar-refractivity contribution in [2.24, 2.45) is 5.92 Å². The van der Waals surface area contributed by atoms with Gasteiger partial charge in [0.05, 0.1) is 0 Å². The van der Waals surface area contributed by atoms with Crippen LogP contribution in [0.3, 0.4) is 0 Å². The average molecular weight is 359 g/mol. The highest BCUT2D eigenvalue weighted by atomic mass is 79.9. The van der Waals surface area contributed by atoms with E-state index in [2.05, 4.69) is 26.1 Å². The van der Waals surface area contributed by atoms with E-state index in [1.165, 1.54) is 25.0 Å². The monoisotopic (exact) mass is 358 g/mol. The van der Waals surface area contributed by atoms with Crippen molar-refractivity contribution in [2.45, 2.75) is 31.7 Å². The lowest BCUT2D eigenvalue weighted by Crippen LogP contribution is -2.47. The van der Waals surface area contributed by atoms with Gasteiger partial charge in [0, 0.05) is 42.3 Å². The molecule has 3 rings (SSSR count). The van der Waals surface area contributed by atoms with Gasteiger partial charge in [0.25, 0.3) is 0 Å². The van der Waals surface area contributed by atoms with Crippen molar-refractivity contribution >= 4 is 15.9 Å². The van der Waals surface area contributed by atoms with Crippen molar-refractivity contribution in [3.05, 3.63) is 33.8 Å². The summed E-state index contributed by atoms with van der Waals surface area (Å²) in [5.41, 5.74) is 0.270. The van der Waals surface area contributed by atoms with E-state index in [1.807, 2.05) is 0 Å². The van der Waals surface area contributed by atoms with Gasteiger partial charge in [0.15, 0.2) is 0 Å². The predicted molar refractivity (Wildman–Crippen MR) is 83.2 cm³/mol. The Balaban J connectivity index is 1.97. The van der Waals surface area contributed by atoms with Crippen LogP contribution in [0, 0.1) is 17.6 Å². The molecule has 5 heteroatoms. The van der Waals surface area contributed by atoms with Crippen molar-refractivity contribution in [3.63, 3.8) is 0 Å². The molecule has 1 aliphatic heterocycles. The van der Waals surface area contributed by atoms with Gasteiger partial charge in [-0.05, 0) is 30.9 Å². The van der Waals surface area contributed by atoms with E-state index in [0.29, 0.717) is 10.4 Å². The van der Waals surface area contributed by atoms with Gasteiger partial charge in [-0.25, -0.2) is 8.78 Å². The number of benzene rings is 1. The molecule has 1 saturated heterocycles. The van der Waals surface area contributed by atoms with Crippen LogP contribution in [-0.2, 0) is 0 Å². The highest BCUT2D eigenvalue weighted by molar-refractivity contribution is 9.10. The largest absolute Gasteiger partial charge is 0.314 e. The Morgan fingerprint density at radius 3 is 2.24 bits per heavy atom. The summed E-state index contributed by atoms with van der Waals surface area (Å²) >= 11 is 3.17. The summed E-state index contributed by atoms with van der Waals surface area (Å²) < 4.78 is 29.4. The molecule has 1 saturated carbocycles. The predicted octanol–water partition coefficient (Wildman–Crippen LogP) is 3.86. The minimum atomic E-state index is -0.419. The fourth-order valence-electron chi connectivity index (χ4n) is 3.79. The lowest BCUT2D eigenvalue weighted by Gasteiger charge is -2.38. The maximum Gasteiger partial charge on any atom is 0.132 e. The number of hydrogen-bond acceptors (Lipinski definition) is 2. The van der Waals surface area contributed by atoms with E-state index in [9.17, 15) is 8.78 Å². The summed E-state index contributed by atoms with van der Waals surface area (Å²) in [4.78, 5) is 2.27. The third-order valence-electron chi connectivity index (χ3n) is 4.73. The number of rotatable bonds is 3. The van der Waals surface area contributed by atoms with Crippen LogP contribution < -0.4 is 5.32 Å². The molecule has 1 atom stereocenters. The second kappa shape index (κ2) is 6.71. The number of halogens is 3. The van der Waals surface area contributed by atoms with E-state index in [-0.39, 0.29) is 11.6 Å². The third-order valence-corrected chi connectivity index (χ3v) is 5.19. The van der Waals surface area contributed by atoms with E-state index in [0.717, 1.165) is 39.0 Å². The summed E-state index contributed by atoms with van der Waals surface area (Å²) in [7, 11) is 0. The van der Waals surface area contributed by atoms with Gasteiger partial charge >= 0.3 is 0 Å². The van der Waals surface area contributed by atoms with Crippen LogP contribution in [0.25, 0.3) is 0 Å². The van der Waals surface area contributed by atoms with E-state index < -0.39 is 11.6 Å². The molecule has 21 heavy (non-hydrogen) atoms. The average Bonchev–Trinajstić information content (AvgIpc) is 2.97. The molecule has 0 spiro atoms. The zero-order valence-corrected chi connectivity index (χ0v) is 13.6. The molecular formula is C16H21BrF2N2. The van der Waals surface area contributed by atoms with Crippen LogP contribution in [0.5, 0.6) is 0 Å². The fraction of sp³-hybridized carbons (Fsp3) is 0.625. The van der Waals surface area contributed by atoms with Gasteiger partial charge in [-0.2, -0.15) is 0 Å². The minimum absolute atomic E-state index is 0.123. The first-order valence-electron chi connectivity index (χ1n) is 7.76. The normalized spacial score (nSPS) is 22.6. The zero-order valence-electron chi connectivity index (χ0n) is 12.0. The Labute approximate surface area is 133 Å². The number of nitrogens with zero attached hydrogens (tertiary/aromatic N) is 1. The topological polar surface area (TPSA) is 15.3 Å². The molecule has 1 heterocycles. The van der Waals surface area contributed by atoms with Gasteiger partial charge in [0.1, 0.15) is 11.6 Å². The van der Waals surface area contributed by atoms with Gasteiger partial charge < -0.3 is 5.32 Å². The van der Waals surface area contributed by atoms with Crippen molar-refractivity contribution in [1.82, 2.24) is 10.2 Å². The number of piperazine rings is 1. The molecule has 0 radical (unpaired) electrons. The van der Waals surface area contributed by atoms with Crippen LogP contribution in [0.15, 0.2) is 16.6 Å². The van der Waals surface area contributed by atoms with Crippen molar-refractivity contribution in [2.75, 3.05) is 26.2 Å². The molecule has 0 aromatic heterocycles. The molecule has 0 unspecified atom stereocenters. The Morgan fingerprint density at radius 1 is 1.10 bits per heavy atom. The molecule has 1 aromatic rings. The molecule has 116 valence electrons. The van der Waals surface area contributed by atoms with Gasteiger partial charge in [0.2, 0.25) is 0 Å². The smallest absolute Gasteiger partial charge is 0.132 e. The quantitative estimate of drug-likeness (QED) is 0.882. The first-order chi connectivity index (χ1) is 10.2. The molecular weight excluding hydrogens is 338 g/mol. The second-order valence-electron chi connectivity index (χ2n) is 6.06. The van der Waals surface area contributed by atoms with Gasteiger partial charge in [-0.1, -0.05) is 28.8 Å². The van der Waals surface area contributed by atoms with Crippen molar-refractivity contribution in [3.8, 4) is 0 Å². The number of nitrogens with one attached hydrogen (secondary N) is 1. The zero-order chi connectivity index (χ0) is 14.8. The highest BCUT2D eigenvalue weighted by Crippen LogP contribution is 2.41. The summed E-state index contributed by atoms with van der Waals surface area (Å²) in [6.45, 7) is 3.50. The first kappa shape index (κ1) is 15.4. The van der Waals surface area contributed by atoms with E-state index >= 15 is 0 Å². The Kier molecular flexibility index (Phi) is 4.92. The SMILES string of the molecule is Fc1cc(Br)cc(F)c1[C@H](C1CCCC1)N1CCNCC1. The summed E-state index contributed by atoms with van der Waals surface area (Å²) in [5.74, 6) is -0.470. The maximum atomic E-state index is 14.5. The summed E-state index contributed by atoms with van der Waals surface area (Å²) in [5, 5.41) is 3.31. The lowest BCUT2D eigenvalue weighted by atomic mass is 9.89. The Morgan fingerprint density at radius 2 is 1.67 bits per heavy atom. The Bertz CT molecular complexity index is 474. The molecule has 2 aliphatic rings. The fourth-order valence-corrected chi connectivity index (χ4v) is 4.19. The lowest BCUT2D eigenvalue weighted by molar-refractivity contribution is 0.119. The minimum Gasteiger partial charge on any atom is -0.314 e. The van der Waals surface area contributed by atoms with Crippen molar-refractivity contribution < 1.29 is 8.78 Å². The molecule has 0 amide bonds. The number of hydrogen-bond donors (Lipinski definition) is 1. The highest BCUT2D eigenvalue weighted by Gasteiger charge is 2.35. The molecule has 1 aliphatic carbocycles. The molecule has 0 bridgehead atoms. The molecule has 2 nitrogen and oxygen atoms in total. The van der Waals surface area contributed by atoms with Crippen LogP contribution >= 0.6 is 15.9 Å². The third kappa shape index (κ3) is 3.30. The van der Waals surface area contributed by atoms with Crippen LogP contribution in [0.2, 0.25) is 0 Å². The van der Waals surface area contributed by atoms with Gasteiger partial charge in [-0.15, -0.1) is 0 Å². The summed E-state index contributed by atoms with van der Waals surface area (Å²) in [6, 6.07) is 2.66. The molecule has 2 fully saturated rings. The molecule has 1 N–H and O–H groups in total. The Hall–Kier alpha value is -0.520. The van der Waals surface area contributed by atoms with Crippen LogP contribution in [0.4, 0.5) is 8.78 Å². The van der Waals surface area contributed by atoms with Crippen molar-refractivity contribution in [1.29, 1.82) is 0 Å². The molecule has 1 aromatic carbocycles. The summed E-state index contributed by atoms with van der Waals surface area (Å²) in [6.07, 6.45) is 4.49. The second-order valence-corrected chi connectivity index (χ2v) is 6.97. The van der Waals surface area contributed by atoms with Gasteiger partial charge in [-0.3, -0.25) is 4.90 Å². The maximum absolute atomic E-state index is 14.5. The van der Waals surface area contributed by atoms with Crippen LogP contribution in [-0.4, -0.2) is 31.1 Å². The van der Waals surface area contributed by atoms with E-state index in [4.69, 9.17) is 0 Å². The van der Waals surface area contributed by atoms with E-state index in [1.54, 1.807) is 0 Å². The van der Waals surface area contributed by atoms with Crippen LogP contribution in [0.1, 0.15) is 37.3 Å².